The number of nitrogens with one attached hydrogen (secondary N) is 2. The number of thiophene rings is 1. The van der Waals surface area contributed by atoms with Gasteiger partial charge in [0.1, 0.15) is 35.4 Å². The van der Waals surface area contributed by atoms with Crippen LogP contribution in [0.25, 0.3) is 15.4 Å². The molecule has 19 heteroatoms. The largest absolute Gasteiger partial charge is 0.474 e. The van der Waals surface area contributed by atoms with Crippen LogP contribution in [0.3, 0.4) is 0 Å². The molecule has 3 aliphatic heterocycles. The Hall–Kier alpha value is -5.79. The number of rotatable bonds is 15. The van der Waals surface area contributed by atoms with Gasteiger partial charge >= 0.3 is 0 Å². The van der Waals surface area contributed by atoms with Crippen LogP contribution in [-0.4, -0.2) is 114 Å². The Morgan fingerprint density at radius 1 is 1.00 bits per heavy atom. The number of carbonyl (C=O) groups excluding carboxylic acids is 3. The van der Waals surface area contributed by atoms with Crippen LogP contribution in [-0.2, 0) is 20.9 Å². The van der Waals surface area contributed by atoms with E-state index in [0.717, 1.165) is 80.9 Å². The molecule has 1 unspecified atom stereocenters. The second-order valence-electron chi connectivity index (χ2n) is 18.5. The Kier molecular flexibility index (Phi) is 14.4. The summed E-state index contributed by atoms with van der Waals surface area (Å²) in [7, 11) is 0. The van der Waals surface area contributed by atoms with Crippen molar-refractivity contribution in [1.29, 1.82) is 0 Å². The van der Waals surface area contributed by atoms with E-state index >= 15 is 0 Å². The minimum absolute atomic E-state index is 0.00823. The maximum Gasteiger partial charge on any atom is 0.254 e. The first-order valence-electron chi connectivity index (χ1n) is 23.5. The standard InChI is InChI=1S/C50H57ClN10O6S2/c1-27(2)43(49(65)60-25-37(62)21-39(60)48(64)52-24-32-7-9-34(10-8-32)46-29(4)53-26-68-46)40-23-42(58-67-40)66-20-19-59-17-15-36(16-18-59)54-41(63)22-38-47-57-56-31(6)61(47)50-44(28(3)30(5)69-50)45(55-38)33-11-13-35(51)14-12-33/h7-14,23,26-27,36-39,43,62H,15-22,24-25H2,1-6H3,(H,52,64)(H,54,63)/t37-,38+,39+,43?/m1/s1. The molecule has 16 nitrogen and oxygen atoms in total. The molecule has 3 amide bonds. The Morgan fingerprint density at radius 3 is 2.45 bits per heavy atom. The Bertz CT molecular complexity index is 2850. The van der Waals surface area contributed by atoms with E-state index in [-0.39, 0.29) is 61.5 Å². The lowest BCUT2D eigenvalue weighted by atomic mass is 9.91. The number of likely N-dealkylation sites (tertiary alicyclic amines) is 2. The fourth-order valence-electron chi connectivity index (χ4n) is 9.54. The van der Waals surface area contributed by atoms with E-state index in [1.807, 2.05) is 81.7 Å². The molecule has 4 atom stereocenters. The van der Waals surface area contributed by atoms with Crippen molar-refractivity contribution in [1.82, 2.24) is 45.3 Å². The van der Waals surface area contributed by atoms with E-state index in [2.05, 4.69) is 54.3 Å². The maximum absolute atomic E-state index is 14.2. The summed E-state index contributed by atoms with van der Waals surface area (Å²) in [6.45, 7) is 14.8. The molecular weight excluding hydrogens is 936 g/mol. The monoisotopic (exact) mass is 992 g/mol. The minimum Gasteiger partial charge on any atom is -0.474 e. The fourth-order valence-corrected chi connectivity index (χ4v) is 11.7. The Labute approximate surface area is 414 Å². The van der Waals surface area contributed by atoms with Gasteiger partial charge in [0, 0.05) is 72.3 Å². The Morgan fingerprint density at radius 2 is 1.74 bits per heavy atom. The molecule has 2 fully saturated rings. The van der Waals surface area contributed by atoms with Crippen molar-refractivity contribution >= 4 is 57.7 Å². The van der Waals surface area contributed by atoms with Crippen molar-refractivity contribution in [2.45, 2.75) is 104 Å². The third kappa shape index (κ3) is 10.4. The molecule has 3 aliphatic rings. The summed E-state index contributed by atoms with van der Waals surface area (Å²) in [5.41, 5.74) is 8.68. The van der Waals surface area contributed by atoms with Gasteiger partial charge in [0.25, 0.3) is 5.88 Å². The van der Waals surface area contributed by atoms with E-state index in [0.29, 0.717) is 29.8 Å². The quantitative estimate of drug-likeness (QED) is 0.0936. The number of piperidine rings is 1. The van der Waals surface area contributed by atoms with Crippen LogP contribution in [0.15, 0.2) is 69.6 Å². The number of carbonyl (C=O) groups is 3. The highest BCUT2D eigenvalue weighted by molar-refractivity contribution is 7.15. The maximum atomic E-state index is 14.2. The molecule has 9 rings (SSSR count). The van der Waals surface area contributed by atoms with Gasteiger partial charge < -0.3 is 29.9 Å². The van der Waals surface area contributed by atoms with Gasteiger partial charge in [-0.15, -0.1) is 32.9 Å². The SMILES string of the molecule is Cc1ncsc1-c1ccc(CNC(=O)[C@@H]2C[C@@H](O)CN2C(=O)C(c2cc(OCCN3CCC(NC(=O)C[C@@H]4N=C(c5ccc(Cl)cc5)c5c(sc(C)c5C)-n5c(C)nnc54)CC3)no2)C(C)C)cc1. The van der Waals surface area contributed by atoms with Gasteiger partial charge in [-0.1, -0.05) is 61.8 Å². The first-order valence-corrected chi connectivity index (χ1v) is 25.5. The summed E-state index contributed by atoms with van der Waals surface area (Å²) >= 11 is 9.54. The van der Waals surface area contributed by atoms with Crippen LogP contribution >= 0.6 is 34.3 Å². The number of halogens is 1. The third-order valence-electron chi connectivity index (χ3n) is 13.4. The van der Waals surface area contributed by atoms with Crippen LogP contribution in [0.2, 0.25) is 5.02 Å². The number of β-amino-alcohol motifs (C(OH)–C–C–N with tert-alkyl or cyclic N) is 1. The average Bonchev–Trinajstić information content (AvgIpc) is 4.17. The second-order valence-corrected chi connectivity index (χ2v) is 21.0. The summed E-state index contributed by atoms with van der Waals surface area (Å²) in [6.07, 6.45) is 0.989. The van der Waals surface area contributed by atoms with E-state index in [1.54, 1.807) is 28.7 Å². The van der Waals surface area contributed by atoms with Gasteiger partial charge in [-0.25, -0.2) is 4.98 Å². The average molecular weight is 994 g/mol. The number of benzene rings is 2. The molecule has 69 heavy (non-hydrogen) atoms. The summed E-state index contributed by atoms with van der Waals surface area (Å²) < 4.78 is 13.8. The van der Waals surface area contributed by atoms with E-state index < -0.39 is 24.1 Å². The van der Waals surface area contributed by atoms with Crippen LogP contribution in [0.4, 0.5) is 0 Å². The molecule has 6 aromatic rings. The zero-order chi connectivity index (χ0) is 48.5. The molecule has 0 saturated carbocycles. The molecule has 4 aromatic heterocycles. The minimum atomic E-state index is -0.830. The van der Waals surface area contributed by atoms with Crippen LogP contribution < -0.4 is 15.4 Å². The van der Waals surface area contributed by atoms with Crippen molar-refractivity contribution in [3.8, 4) is 21.3 Å². The molecule has 362 valence electrons. The van der Waals surface area contributed by atoms with Gasteiger partial charge in [0.2, 0.25) is 17.7 Å². The van der Waals surface area contributed by atoms with E-state index in [1.165, 1.54) is 9.78 Å². The van der Waals surface area contributed by atoms with Gasteiger partial charge in [-0.05, 0) is 80.4 Å². The summed E-state index contributed by atoms with van der Waals surface area (Å²) in [5.74, 6) is 0.337. The van der Waals surface area contributed by atoms with Crippen molar-refractivity contribution in [3.05, 3.63) is 115 Å². The lowest BCUT2D eigenvalue weighted by Gasteiger charge is -2.32. The number of hydrogen-bond acceptors (Lipinski definition) is 14. The molecule has 0 aliphatic carbocycles. The number of nitrogens with zero attached hydrogens (tertiary/aromatic N) is 8. The number of aliphatic hydroxyl groups excluding tert-OH is 1. The molecular formula is C50H57ClN10O6S2. The number of aliphatic imine (C=N–C) groups is 1. The summed E-state index contributed by atoms with van der Waals surface area (Å²) in [5, 5.41) is 31.7. The zero-order valence-electron chi connectivity index (χ0n) is 39.6. The van der Waals surface area contributed by atoms with Crippen molar-refractivity contribution < 1.29 is 28.8 Å². The highest BCUT2D eigenvalue weighted by Gasteiger charge is 2.43. The molecule has 2 saturated heterocycles. The molecule has 3 N–H and O–H groups in total. The van der Waals surface area contributed by atoms with Gasteiger partial charge in [-0.2, -0.15) is 0 Å². The number of aromatic nitrogens is 5. The second kappa shape index (κ2) is 20.7. The van der Waals surface area contributed by atoms with Gasteiger partial charge in [0.15, 0.2) is 11.6 Å². The normalized spacial score (nSPS) is 18.9. The van der Waals surface area contributed by atoms with Crippen molar-refractivity contribution in [2.75, 3.05) is 32.8 Å². The number of hydrogen-bond donors (Lipinski definition) is 3. The highest BCUT2D eigenvalue weighted by atomic mass is 35.5. The first kappa shape index (κ1) is 48.2. The topological polar surface area (TPSA) is 193 Å². The van der Waals surface area contributed by atoms with E-state index in [4.69, 9.17) is 25.9 Å². The molecule has 2 aromatic carbocycles. The first-order chi connectivity index (χ1) is 33.2. The predicted octanol–water partition coefficient (Wildman–Crippen LogP) is 7.29. The molecule has 0 spiro atoms. The van der Waals surface area contributed by atoms with Crippen LogP contribution in [0.5, 0.6) is 5.88 Å². The number of amides is 3. The smallest absolute Gasteiger partial charge is 0.254 e. The Balaban J connectivity index is 0.758. The number of thiazole rings is 1. The van der Waals surface area contributed by atoms with Crippen molar-refractivity contribution in [2.24, 2.45) is 10.9 Å². The van der Waals surface area contributed by atoms with Crippen LogP contribution in [0.1, 0.15) is 102 Å². The van der Waals surface area contributed by atoms with Crippen LogP contribution in [0, 0.1) is 33.6 Å². The molecule has 0 bridgehead atoms. The number of aryl methyl sites for hydroxylation is 3. The van der Waals surface area contributed by atoms with Gasteiger partial charge in [-0.3, -0.25) is 28.8 Å². The summed E-state index contributed by atoms with van der Waals surface area (Å²) in [6, 6.07) is 15.9. The van der Waals surface area contributed by atoms with E-state index in [9.17, 15) is 19.5 Å². The third-order valence-corrected chi connectivity index (χ3v) is 15.8. The number of ether oxygens (including phenoxy) is 1. The fraction of sp³-hybridized carbons (Fsp3) is 0.440. The molecule has 0 radical (unpaired) electrons. The highest BCUT2D eigenvalue weighted by Crippen LogP contribution is 2.40. The number of aliphatic hydroxyl groups is 1. The lowest BCUT2D eigenvalue weighted by Crippen LogP contribution is -2.48. The van der Waals surface area contributed by atoms with Crippen molar-refractivity contribution in [3.63, 3.8) is 0 Å². The summed E-state index contributed by atoms with van der Waals surface area (Å²) in [4.78, 5) is 57.1. The molecule has 7 heterocycles. The zero-order valence-corrected chi connectivity index (χ0v) is 42.0. The lowest BCUT2D eigenvalue weighted by molar-refractivity contribution is -0.141. The number of fused-ring (bicyclic) bond motifs is 3. The predicted molar refractivity (Wildman–Crippen MR) is 265 cm³/mol. The van der Waals surface area contributed by atoms with Gasteiger partial charge in [0.05, 0.1) is 34.3 Å².